The van der Waals surface area contributed by atoms with E-state index < -0.39 is 0 Å². The van der Waals surface area contributed by atoms with Gasteiger partial charge in [-0.05, 0) is 11.6 Å². The van der Waals surface area contributed by atoms with E-state index in [-0.39, 0.29) is 6.10 Å². The minimum absolute atomic E-state index is 0.0806. The minimum atomic E-state index is -0.0806. The van der Waals surface area contributed by atoms with Crippen LogP contribution < -0.4 is 0 Å². The summed E-state index contributed by atoms with van der Waals surface area (Å²) < 4.78 is 5.81. The molecule has 0 amide bonds. The van der Waals surface area contributed by atoms with Gasteiger partial charge in [0.2, 0.25) is 0 Å². The Labute approximate surface area is 102 Å². The van der Waals surface area contributed by atoms with E-state index in [1.54, 1.807) is 12.3 Å². The van der Waals surface area contributed by atoms with Gasteiger partial charge in [-0.25, -0.2) is 0 Å². The van der Waals surface area contributed by atoms with Crippen LogP contribution in [0.2, 0.25) is 0 Å². The summed E-state index contributed by atoms with van der Waals surface area (Å²) in [5, 5.41) is 0. The lowest BCUT2D eigenvalue weighted by Gasteiger charge is -2.17. The van der Waals surface area contributed by atoms with Crippen molar-refractivity contribution in [1.29, 1.82) is 0 Å². The van der Waals surface area contributed by atoms with Gasteiger partial charge in [0.05, 0.1) is 6.61 Å². The van der Waals surface area contributed by atoms with Crippen molar-refractivity contribution in [3.8, 4) is 0 Å². The van der Waals surface area contributed by atoms with E-state index in [1.807, 2.05) is 36.5 Å². The third-order valence-electron chi connectivity index (χ3n) is 2.47. The standard InChI is InChI=1S/C15H15NO/c1-2-11-17-15(13-7-4-3-5-8-13)14-9-6-10-16-12-14/h2-10,12,15H,1,11H2. The van der Waals surface area contributed by atoms with Gasteiger partial charge in [0, 0.05) is 18.0 Å². The largest absolute Gasteiger partial charge is 0.365 e. The average Bonchev–Trinajstić information content (AvgIpc) is 2.42. The van der Waals surface area contributed by atoms with Gasteiger partial charge in [-0.15, -0.1) is 6.58 Å². The highest BCUT2D eigenvalue weighted by molar-refractivity contribution is 5.28. The second-order valence-electron chi connectivity index (χ2n) is 3.70. The van der Waals surface area contributed by atoms with Crippen molar-refractivity contribution in [2.24, 2.45) is 0 Å². The second-order valence-corrected chi connectivity index (χ2v) is 3.70. The highest BCUT2D eigenvalue weighted by atomic mass is 16.5. The summed E-state index contributed by atoms with van der Waals surface area (Å²) in [6, 6.07) is 14.1. The Morgan fingerprint density at radius 3 is 2.53 bits per heavy atom. The van der Waals surface area contributed by atoms with E-state index in [2.05, 4.69) is 23.7 Å². The fourth-order valence-corrected chi connectivity index (χ4v) is 1.71. The van der Waals surface area contributed by atoms with Crippen LogP contribution in [-0.2, 0) is 4.74 Å². The van der Waals surface area contributed by atoms with E-state index in [4.69, 9.17) is 4.74 Å². The maximum Gasteiger partial charge on any atom is 0.109 e. The summed E-state index contributed by atoms with van der Waals surface area (Å²) in [5.41, 5.74) is 2.18. The summed E-state index contributed by atoms with van der Waals surface area (Å²) in [7, 11) is 0. The van der Waals surface area contributed by atoms with Crippen molar-refractivity contribution in [2.75, 3.05) is 6.61 Å². The fourth-order valence-electron chi connectivity index (χ4n) is 1.71. The first-order valence-electron chi connectivity index (χ1n) is 5.59. The molecule has 2 heteroatoms. The lowest BCUT2D eigenvalue weighted by Crippen LogP contribution is -2.06. The number of aromatic nitrogens is 1. The normalized spacial score (nSPS) is 12.0. The number of pyridine rings is 1. The number of rotatable bonds is 5. The van der Waals surface area contributed by atoms with Crippen molar-refractivity contribution in [2.45, 2.75) is 6.10 Å². The molecular weight excluding hydrogens is 210 g/mol. The van der Waals surface area contributed by atoms with Crippen LogP contribution in [0.5, 0.6) is 0 Å². The number of hydrogen-bond acceptors (Lipinski definition) is 2. The average molecular weight is 225 g/mol. The molecule has 1 atom stereocenters. The molecule has 0 aliphatic heterocycles. The first-order chi connectivity index (χ1) is 8.42. The molecule has 2 rings (SSSR count). The summed E-state index contributed by atoms with van der Waals surface area (Å²) in [6.07, 6.45) is 5.27. The zero-order valence-corrected chi connectivity index (χ0v) is 9.62. The van der Waals surface area contributed by atoms with E-state index in [1.165, 1.54) is 0 Å². The van der Waals surface area contributed by atoms with Crippen molar-refractivity contribution in [3.63, 3.8) is 0 Å². The topological polar surface area (TPSA) is 22.1 Å². The molecule has 1 aromatic heterocycles. The Kier molecular flexibility index (Phi) is 4.05. The van der Waals surface area contributed by atoms with Gasteiger partial charge in [0.15, 0.2) is 0 Å². The predicted octanol–water partition coefficient (Wildman–Crippen LogP) is 3.37. The maximum atomic E-state index is 5.81. The molecular formula is C15H15NO. The minimum Gasteiger partial charge on any atom is -0.365 e. The molecule has 2 aromatic rings. The van der Waals surface area contributed by atoms with E-state index in [9.17, 15) is 0 Å². The van der Waals surface area contributed by atoms with Crippen molar-refractivity contribution in [1.82, 2.24) is 4.98 Å². The smallest absolute Gasteiger partial charge is 0.109 e. The summed E-state index contributed by atoms with van der Waals surface area (Å²) in [5.74, 6) is 0. The number of benzene rings is 1. The van der Waals surface area contributed by atoms with Crippen molar-refractivity contribution < 1.29 is 4.74 Å². The van der Waals surface area contributed by atoms with Crippen LogP contribution in [0, 0.1) is 0 Å². The maximum absolute atomic E-state index is 5.81. The van der Waals surface area contributed by atoms with Gasteiger partial charge in [-0.2, -0.15) is 0 Å². The molecule has 1 unspecified atom stereocenters. The Morgan fingerprint density at radius 2 is 1.88 bits per heavy atom. The molecule has 0 aliphatic rings. The first kappa shape index (κ1) is 11.6. The van der Waals surface area contributed by atoms with Gasteiger partial charge in [-0.1, -0.05) is 42.5 Å². The fraction of sp³-hybridized carbons (Fsp3) is 0.133. The molecule has 86 valence electrons. The molecule has 0 spiro atoms. The van der Waals surface area contributed by atoms with Crippen molar-refractivity contribution >= 4 is 0 Å². The van der Waals surface area contributed by atoms with Gasteiger partial charge < -0.3 is 4.74 Å². The summed E-state index contributed by atoms with van der Waals surface area (Å²) in [6.45, 7) is 4.20. The van der Waals surface area contributed by atoms with Gasteiger partial charge >= 0.3 is 0 Å². The molecule has 0 N–H and O–H groups in total. The van der Waals surface area contributed by atoms with E-state index in [0.717, 1.165) is 11.1 Å². The van der Waals surface area contributed by atoms with Crippen LogP contribution in [0.15, 0.2) is 67.5 Å². The van der Waals surface area contributed by atoms with Crippen LogP contribution >= 0.6 is 0 Å². The molecule has 0 saturated carbocycles. The SMILES string of the molecule is C=CCOC(c1ccccc1)c1cccnc1. The molecule has 0 bridgehead atoms. The van der Waals surface area contributed by atoms with Crippen molar-refractivity contribution in [3.05, 3.63) is 78.6 Å². The molecule has 2 nitrogen and oxygen atoms in total. The van der Waals surface area contributed by atoms with Crippen LogP contribution in [0.4, 0.5) is 0 Å². The van der Waals surface area contributed by atoms with Gasteiger partial charge in [0.1, 0.15) is 6.10 Å². The van der Waals surface area contributed by atoms with Crippen LogP contribution in [0.25, 0.3) is 0 Å². The number of nitrogens with zero attached hydrogens (tertiary/aromatic N) is 1. The molecule has 1 aromatic carbocycles. The summed E-state index contributed by atoms with van der Waals surface area (Å²) in [4.78, 5) is 4.13. The van der Waals surface area contributed by atoms with Crippen LogP contribution in [0.1, 0.15) is 17.2 Å². The molecule has 1 heterocycles. The van der Waals surface area contributed by atoms with E-state index >= 15 is 0 Å². The highest BCUT2D eigenvalue weighted by Gasteiger charge is 2.13. The first-order valence-corrected chi connectivity index (χ1v) is 5.59. The lowest BCUT2D eigenvalue weighted by molar-refractivity contribution is 0.104. The molecule has 0 aliphatic carbocycles. The molecule has 0 radical (unpaired) electrons. The van der Waals surface area contributed by atoms with Crippen LogP contribution in [0.3, 0.4) is 0 Å². The second kappa shape index (κ2) is 5.97. The number of hydrogen-bond donors (Lipinski definition) is 0. The van der Waals surface area contributed by atoms with E-state index in [0.29, 0.717) is 6.61 Å². The van der Waals surface area contributed by atoms with Gasteiger partial charge in [-0.3, -0.25) is 4.98 Å². The third kappa shape index (κ3) is 3.02. The molecule has 17 heavy (non-hydrogen) atoms. The van der Waals surface area contributed by atoms with Gasteiger partial charge in [0.25, 0.3) is 0 Å². The Balaban J connectivity index is 2.29. The zero-order chi connectivity index (χ0) is 11.9. The highest BCUT2D eigenvalue weighted by Crippen LogP contribution is 2.24. The Morgan fingerprint density at radius 1 is 1.12 bits per heavy atom. The third-order valence-corrected chi connectivity index (χ3v) is 2.47. The molecule has 0 fully saturated rings. The monoisotopic (exact) mass is 225 g/mol. The lowest BCUT2D eigenvalue weighted by atomic mass is 10.0. The van der Waals surface area contributed by atoms with Crippen LogP contribution in [-0.4, -0.2) is 11.6 Å². The quantitative estimate of drug-likeness (QED) is 0.728. The Bertz CT molecular complexity index is 413. The predicted molar refractivity (Wildman–Crippen MR) is 68.7 cm³/mol. The summed E-state index contributed by atoms with van der Waals surface area (Å²) >= 11 is 0. The number of ether oxygens (including phenoxy) is 1. The zero-order valence-electron chi connectivity index (χ0n) is 9.62. The molecule has 0 saturated heterocycles. The Hall–Kier alpha value is -1.93.